The molecular weight excluding hydrogens is 250 g/mol. The lowest BCUT2D eigenvalue weighted by Crippen LogP contribution is -2.28. The first-order valence-electron chi connectivity index (χ1n) is 5.36. The van der Waals surface area contributed by atoms with Crippen LogP contribution in [0.2, 0.25) is 0 Å². The fraction of sp³-hybridized carbons (Fsp3) is 0.385. The van der Waals surface area contributed by atoms with Crippen molar-refractivity contribution in [3.63, 3.8) is 0 Å². The summed E-state index contributed by atoms with van der Waals surface area (Å²) in [6.45, 7) is 5.41. The molecule has 80 valence electrons. The Balaban J connectivity index is 1.97. The average molecular weight is 266 g/mol. The number of aryl methyl sites for hydroxylation is 1. The van der Waals surface area contributed by atoms with Crippen LogP contribution in [0, 0.1) is 6.92 Å². The maximum atomic E-state index is 3.57. The Morgan fingerprint density at radius 1 is 1.27 bits per heavy atom. The van der Waals surface area contributed by atoms with Crippen molar-refractivity contribution in [1.29, 1.82) is 0 Å². The van der Waals surface area contributed by atoms with Gasteiger partial charge in [0.2, 0.25) is 0 Å². The number of nitrogens with zero attached hydrogens (tertiary/aromatic N) is 1. The molecule has 0 radical (unpaired) electrons. The highest BCUT2D eigenvalue weighted by molar-refractivity contribution is 9.11. The van der Waals surface area contributed by atoms with Crippen molar-refractivity contribution in [2.45, 2.75) is 19.9 Å². The third-order valence-corrected chi connectivity index (χ3v) is 3.29. The van der Waals surface area contributed by atoms with Crippen LogP contribution in [0.3, 0.4) is 0 Å². The molecule has 0 spiro atoms. The monoisotopic (exact) mass is 265 g/mol. The Morgan fingerprint density at radius 2 is 2.00 bits per heavy atom. The summed E-state index contributed by atoms with van der Waals surface area (Å²) in [5, 5.41) is 0. The number of benzene rings is 1. The fourth-order valence-electron chi connectivity index (χ4n) is 1.85. The molecule has 0 atom stereocenters. The molecule has 1 aliphatic heterocycles. The normalized spacial score (nSPS) is 17.6. The van der Waals surface area contributed by atoms with Crippen molar-refractivity contribution in [3.8, 4) is 0 Å². The molecule has 2 rings (SSSR count). The molecule has 2 heteroatoms. The highest BCUT2D eigenvalue weighted by atomic mass is 79.9. The van der Waals surface area contributed by atoms with Crippen LogP contribution in [-0.2, 0) is 6.54 Å². The van der Waals surface area contributed by atoms with Crippen LogP contribution in [0.4, 0.5) is 0 Å². The second kappa shape index (κ2) is 4.95. The van der Waals surface area contributed by atoms with Gasteiger partial charge in [-0.15, -0.1) is 0 Å². The lowest BCUT2D eigenvalue weighted by Gasteiger charge is -2.25. The molecule has 0 saturated carbocycles. The summed E-state index contributed by atoms with van der Waals surface area (Å²) in [5.74, 6) is 0. The molecule has 0 fully saturated rings. The van der Waals surface area contributed by atoms with E-state index >= 15 is 0 Å². The Morgan fingerprint density at radius 3 is 2.67 bits per heavy atom. The van der Waals surface area contributed by atoms with Crippen molar-refractivity contribution in [1.82, 2.24) is 4.90 Å². The van der Waals surface area contributed by atoms with Crippen molar-refractivity contribution >= 4 is 15.9 Å². The predicted molar refractivity (Wildman–Crippen MR) is 68.1 cm³/mol. The topological polar surface area (TPSA) is 3.24 Å². The van der Waals surface area contributed by atoms with E-state index in [1.54, 1.807) is 0 Å². The maximum absolute atomic E-state index is 3.57. The molecule has 0 saturated heterocycles. The molecule has 15 heavy (non-hydrogen) atoms. The number of rotatable bonds is 2. The molecule has 0 bridgehead atoms. The van der Waals surface area contributed by atoms with Crippen LogP contribution in [0.5, 0.6) is 0 Å². The first-order chi connectivity index (χ1) is 7.24. The quantitative estimate of drug-likeness (QED) is 0.792. The summed E-state index contributed by atoms with van der Waals surface area (Å²) in [7, 11) is 0. The summed E-state index contributed by atoms with van der Waals surface area (Å²) in [5.41, 5.74) is 2.74. The lowest BCUT2D eigenvalue weighted by molar-refractivity contribution is 0.289. The molecular formula is C13H16BrN. The van der Waals surface area contributed by atoms with Gasteiger partial charge in [-0.1, -0.05) is 51.8 Å². The maximum Gasteiger partial charge on any atom is 0.0300 e. The van der Waals surface area contributed by atoms with E-state index in [0.29, 0.717) is 0 Å². The summed E-state index contributed by atoms with van der Waals surface area (Å²) in [4.78, 5) is 2.47. The van der Waals surface area contributed by atoms with Crippen molar-refractivity contribution in [2.24, 2.45) is 0 Å². The van der Waals surface area contributed by atoms with Crippen molar-refractivity contribution in [2.75, 3.05) is 13.1 Å². The molecule has 0 amide bonds. The van der Waals surface area contributed by atoms with Crippen LogP contribution < -0.4 is 0 Å². The first-order valence-corrected chi connectivity index (χ1v) is 6.16. The van der Waals surface area contributed by atoms with E-state index in [2.05, 4.69) is 58.1 Å². The summed E-state index contributed by atoms with van der Waals surface area (Å²) >= 11 is 3.57. The summed E-state index contributed by atoms with van der Waals surface area (Å²) < 4.78 is 1.32. The summed E-state index contributed by atoms with van der Waals surface area (Å²) in [6, 6.07) is 8.82. The van der Waals surface area contributed by atoms with E-state index < -0.39 is 0 Å². The molecule has 0 N–H and O–H groups in total. The predicted octanol–water partition coefficient (Wildman–Crippen LogP) is 3.48. The third kappa shape index (κ3) is 3.18. The zero-order valence-corrected chi connectivity index (χ0v) is 10.6. The van der Waals surface area contributed by atoms with Crippen LogP contribution >= 0.6 is 15.9 Å². The SMILES string of the molecule is Cc1ccc(CN2CCC=C(Br)C2)cc1. The van der Waals surface area contributed by atoms with Crippen molar-refractivity contribution in [3.05, 3.63) is 46.0 Å². The Kier molecular flexibility index (Phi) is 3.60. The van der Waals surface area contributed by atoms with E-state index in [9.17, 15) is 0 Å². The number of hydrogen-bond donors (Lipinski definition) is 0. The molecule has 1 aromatic rings. The molecule has 0 unspecified atom stereocenters. The van der Waals surface area contributed by atoms with Gasteiger partial charge in [0.25, 0.3) is 0 Å². The van der Waals surface area contributed by atoms with Gasteiger partial charge in [0.05, 0.1) is 0 Å². The lowest BCUT2D eigenvalue weighted by atomic mass is 10.1. The van der Waals surface area contributed by atoms with Crippen molar-refractivity contribution < 1.29 is 0 Å². The Bertz CT molecular complexity index is 353. The zero-order valence-electron chi connectivity index (χ0n) is 9.04. The van der Waals surface area contributed by atoms with Crippen LogP contribution in [0.15, 0.2) is 34.8 Å². The second-order valence-corrected chi connectivity index (χ2v) is 5.15. The Labute approximate surface area is 99.9 Å². The first kappa shape index (κ1) is 10.9. The third-order valence-electron chi connectivity index (χ3n) is 2.71. The minimum atomic E-state index is 1.05. The van der Waals surface area contributed by atoms with Gasteiger partial charge in [-0.2, -0.15) is 0 Å². The zero-order chi connectivity index (χ0) is 10.7. The van der Waals surface area contributed by atoms with E-state index in [1.165, 1.54) is 22.2 Å². The average Bonchev–Trinajstić information content (AvgIpc) is 2.22. The minimum absolute atomic E-state index is 1.05. The van der Waals surface area contributed by atoms with Gasteiger partial charge in [-0.3, -0.25) is 4.90 Å². The van der Waals surface area contributed by atoms with Crippen LogP contribution in [0.25, 0.3) is 0 Å². The summed E-state index contributed by atoms with van der Waals surface area (Å²) in [6.07, 6.45) is 3.43. The highest BCUT2D eigenvalue weighted by Gasteiger charge is 2.10. The second-order valence-electron chi connectivity index (χ2n) is 4.14. The van der Waals surface area contributed by atoms with Gasteiger partial charge >= 0.3 is 0 Å². The van der Waals surface area contributed by atoms with Gasteiger partial charge in [-0.05, 0) is 18.9 Å². The molecule has 1 heterocycles. The van der Waals surface area contributed by atoms with Gasteiger partial charge in [0.15, 0.2) is 0 Å². The fourth-order valence-corrected chi connectivity index (χ4v) is 2.43. The molecule has 1 nitrogen and oxygen atoms in total. The molecule has 0 aromatic heterocycles. The van der Waals surface area contributed by atoms with Gasteiger partial charge in [-0.25, -0.2) is 0 Å². The van der Waals surface area contributed by atoms with Gasteiger partial charge in [0.1, 0.15) is 0 Å². The van der Waals surface area contributed by atoms with Gasteiger partial charge < -0.3 is 0 Å². The van der Waals surface area contributed by atoms with E-state index in [4.69, 9.17) is 0 Å². The standard InChI is InChI=1S/C13H16BrN/c1-11-4-6-12(7-5-11)9-15-8-2-3-13(14)10-15/h3-7H,2,8-10H2,1H3. The Hall–Kier alpha value is -0.600. The van der Waals surface area contributed by atoms with Crippen LogP contribution in [0.1, 0.15) is 17.5 Å². The number of halogens is 1. The smallest absolute Gasteiger partial charge is 0.0300 e. The molecule has 1 aliphatic rings. The minimum Gasteiger partial charge on any atom is -0.294 e. The van der Waals surface area contributed by atoms with Gasteiger partial charge in [0, 0.05) is 24.1 Å². The van der Waals surface area contributed by atoms with E-state index in [0.717, 1.165) is 19.5 Å². The largest absolute Gasteiger partial charge is 0.294 e. The molecule has 1 aromatic carbocycles. The van der Waals surface area contributed by atoms with E-state index in [1.807, 2.05) is 0 Å². The number of hydrogen-bond acceptors (Lipinski definition) is 1. The molecule has 0 aliphatic carbocycles. The highest BCUT2D eigenvalue weighted by Crippen LogP contribution is 2.17. The van der Waals surface area contributed by atoms with E-state index in [-0.39, 0.29) is 0 Å². The van der Waals surface area contributed by atoms with Crippen LogP contribution in [-0.4, -0.2) is 18.0 Å².